The van der Waals surface area contributed by atoms with E-state index in [0.29, 0.717) is 9.86 Å². The van der Waals surface area contributed by atoms with Crippen molar-refractivity contribution in [2.24, 2.45) is 0 Å². The van der Waals surface area contributed by atoms with Crippen LogP contribution >= 0.6 is 15.9 Å². The molecule has 0 saturated heterocycles. The van der Waals surface area contributed by atoms with Crippen molar-refractivity contribution in [2.45, 2.75) is 6.18 Å². The molecule has 0 spiro atoms. The quantitative estimate of drug-likeness (QED) is 0.733. The maximum atomic E-state index is 12.4. The van der Waals surface area contributed by atoms with Crippen LogP contribution in [0.1, 0.15) is 11.3 Å². The summed E-state index contributed by atoms with van der Waals surface area (Å²) >= 11 is 3.09. The van der Waals surface area contributed by atoms with E-state index in [9.17, 15) is 13.2 Å². The summed E-state index contributed by atoms with van der Waals surface area (Å²) < 4.78 is 42.2. The lowest BCUT2D eigenvalue weighted by molar-refractivity contribution is -0.152. The van der Waals surface area contributed by atoms with Crippen LogP contribution in [0.25, 0.3) is 11.0 Å². The van der Waals surface area contributed by atoms with Crippen LogP contribution in [-0.2, 0) is 6.18 Å². The summed E-state index contributed by atoms with van der Waals surface area (Å²) in [5.74, 6) is -1.07. The minimum absolute atomic E-state index is 0.0400. The first kappa shape index (κ1) is 11.0. The number of hydrogen-bond donors (Lipinski definition) is 0. The first-order valence-corrected chi connectivity index (χ1v) is 4.91. The molecule has 82 valence electrons. The van der Waals surface area contributed by atoms with Gasteiger partial charge in [0, 0.05) is 9.86 Å². The van der Waals surface area contributed by atoms with E-state index < -0.39 is 11.9 Å². The van der Waals surface area contributed by atoms with E-state index in [-0.39, 0.29) is 11.1 Å². The largest absolute Gasteiger partial charge is 0.451 e. The minimum atomic E-state index is -4.52. The molecule has 0 aliphatic rings. The van der Waals surface area contributed by atoms with Gasteiger partial charge in [0.25, 0.3) is 0 Å². The molecule has 0 aliphatic carbocycles. The highest BCUT2D eigenvalue weighted by Crippen LogP contribution is 2.36. The molecule has 0 fully saturated rings. The van der Waals surface area contributed by atoms with Crippen LogP contribution in [0.15, 0.2) is 27.1 Å². The van der Waals surface area contributed by atoms with Crippen molar-refractivity contribution in [3.05, 3.63) is 34.0 Å². The number of nitriles is 1. The SMILES string of the molecule is N#Cc1cc(Br)c2cc(C(F)(F)F)oc2c1. The van der Waals surface area contributed by atoms with Crippen molar-refractivity contribution in [1.82, 2.24) is 0 Å². The average Bonchev–Trinajstić information content (AvgIpc) is 2.61. The highest BCUT2D eigenvalue weighted by molar-refractivity contribution is 9.10. The van der Waals surface area contributed by atoms with Crippen LogP contribution in [0, 0.1) is 11.3 Å². The molecule has 1 aromatic heterocycles. The molecule has 0 amide bonds. The lowest BCUT2D eigenvalue weighted by atomic mass is 10.2. The molecule has 0 N–H and O–H groups in total. The first-order valence-electron chi connectivity index (χ1n) is 4.12. The molecule has 2 aromatic rings. The predicted molar refractivity (Wildman–Crippen MR) is 53.6 cm³/mol. The van der Waals surface area contributed by atoms with Crippen LogP contribution in [0.3, 0.4) is 0 Å². The van der Waals surface area contributed by atoms with Crippen LogP contribution in [0.5, 0.6) is 0 Å². The molecule has 2 rings (SSSR count). The zero-order chi connectivity index (χ0) is 11.9. The maximum Gasteiger partial charge on any atom is 0.449 e. The lowest BCUT2D eigenvalue weighted by Crippen LogP contribution is -2.01. The zero-order valence-electron chi connectivity index (χ0n) is 7.60. The van der Waals surface area contributed by atoms with Crippen LogP contribution in [0.4, 0.5) is 13.2 Å². The number of hydrogen-bond acceptors (Lipinski definition) is 2. The number of rotatable bonds is 0. The van der Waals surface area contributed by atoms with Crippen molar-refractivity contribution in [1.29, 1.82) is 5.26 Å². The third kappa shape index (κ3) is 1.78. The Morgan fingerprint density at radius 2 is 1.94 bits per heavy atom. The Bertz CT molecular complexity index is 594. The van der Waals surface area contributed by atoms with Gasteiger partial charge in [-0.05, 0) is 34.1 Å². The lowest BCUT2D eigenvalue weighted by Gasteiger charge is -1.98. The Hall–Kier alpha value is -1.48. The minimum Gasteiger partial charge on any atom is -0.451 e. The molecule has 1 aromatic carbocycles. The third-order valence-corrected chi connectivity index (χ3v) is 2.65. The van der Waals surface area contributed by atoms with E-state index in [4.69, 9.17) is 5.26 Å². The van der Waals surface area contributed by atoms with E-state index in [1.165, 1.54) is 12.1 Å². The smallest absolute Gasteiger partial charge is 0.449 e. The Morgan fingerprint density at radius 1 is 1.25 bits per heavy atom. The first-order chi connectivity index (χ1) is 7.41. The monoisotopic (exact) mass is 289 g/mol. The van der Waals surface area contributed by atoms with Gasteiger partial charge in [-0.15, -0.1) is 0 Å². The summed E-state index contributed by atoms with van der Waals surface area (Å²) in [5.41, 5.74) is 0.278. The topological polar surface area (TPSA) is 36.9 Å². The van der Waals surface area contributed by atoms with E-state index >= 15 is 0 Å². The molecule has 16 heavy (non-hydrogen) atoms. The second-order valence-electron chi connectivity index (χ2n) is 3.09. The number of furan rings is 1. The molecule has 6 heteroatoms. The fraction of sp³-hybridized carbons (Fsp3) is 0.100. The van der Waals surface area contributed by atoms with Crippen molar-refractivity contribution in [3.8, 4) is 6.07 Å². The van der Waals surface area contributed by atoms with Gasteiger partial charge in [-0.2, -0.15) is 18.4 Å². The summed E-state index contributed by atoms with van der Waals surface area (Å²) in [6, 6.07) is 5.46. The molecule has 0 aliphatic heterocycles. The fourth-order valence-electron chi connectivity index (χ4n) is 1.30. The summed E-state index contributed by atoms with van der Waals surface area (Å²) in [5, 5.41) is 8.95. The number of alkyl halides is 3. The third-order valence-electron chi connectivity index (χ3n) is 2.00. The molecule has 0 bridgehead atoms. The van der Waals surface area contributed by atoms with Crippen LogP contribution in [-0.4, -0.2) is 0 Å². The number of nitrogens with zero attached hydrogens (tertiary/aromatic N) is 1. The standard InChI is InChI=1S/C10H3BrF3NO/c11-7-1-5(4-15)2-8-6(7)3-9(16-8)10(12,13)14/h1-3H. The summed E-state index contributed by atoms with van der Waals surface area (Å²) in [6.45, 7) is 0. The molecule has 0 radical (unpaired) electrons. The van der Waals surface area contributed by atoms with Crippen molar-refractivity contribution in [3.63, 3.8) is 0 Å². The number of halogens is 4. The molecule has 0 unspecified atom stereocenters. The van der Waals surface area contributed by atoms with Crippen molar-refractivity contribution < 1.29 is 17.6 Å². The van der Waals surface area contributed by atoms with Gasteiger partial charge in [0.15, 0.2) is 0 Å². The Kier molecular flexibility index (Phi) is 2.43. The van der Waals surface area contributed by atoms with E-state index in [1.807, 2.05) is 6.07 Å². The van der Waals surface area contributed by atoms with Gasteiger partial charge in [0.1, 0.15) is 5.58 Å². The van der Waals surface area contributed by atoms with Crippen LogP contribution in [0.2, 0.25) is 0 Å². The molecule has 0 atom stereocenters. The fourth-order valence-corrected chi connectivity index (χ4v) is 1.86. The van der Waals surface area contributed by atoms with Gasteiger partial charge >= 0.3 is 6.18 Å². The number of benzene rings is 1. The summed E-state index contributed by atoms with van der Waals surface area (Å²) in [4.78, 5) is 0. The van der Waals surface area contributed by atoms with E-state index in [2.05, 4.69) is 20.3 Å². The van der Waals surface area contributed by atoms with Gasteiger partial charge in [0.05, 0.1) is 11.6 Å². The summed E-state index contributed by atoms with van der Waals surface area (Å²) in [7, 11) is 0. The van der Waals surface area contributed by atoms with Gasteiger partial charge in [-0.3, -0.25) is 0 Å². The second-order valence-corrected chi connectivity index (χ2v) is 3.94. The molecule has 2 nitrogen and oxygen atoms in total. The highest BCUT2D eigenvalue weighted by atomic mass is 79.9. The molecular formula is C10H3BrF3NO. The summed E-state index contributed by atoms with van der Waals surface area (Å²) in [6.07, 6.45) is -4.52. The maximum absolute atomic E-state index is 12.4. The van der Waals surface area contributed by atoms with Gasteiger partial charge in [0.2, 0.25) is 5.76 Å². The molecular weight excluding hydrogens is 287 g/mol. The predicted octanol–water partition coefficient (Wildman–Crippen LogP) is 4.09. The van der Waals surface area contributed by atoms with Crippen molar-refractivity contribution in [2.75, 3.05) is 0 Å². The Balaban J connectivity index is 2.72. The van der Waals surface area contributed by atoms with Crippen LogP contribution < -0.4 is 0 Å². The van der Waals surface area contributed by atoms with Gasteiger partial charge in [-0.25, -0.2) is 0 Å². The average molecular weight is 290 g/mol. The van der Waals surface area contributed by atoms with Gasteiger partial charge in [-0.1, -0.05) is 0 Å². The Morgan fingerprint density at radius 3 is 2.50 bits per heavy atom. The van der Waals surface area contributed by atoms with Crippen molar-refractivity contribution >= 4 is 26.9 Å². The van der Waals surface area contributed by atoms with E-state index in [1.54, 1.807) is 0 Å². The van der Waals surface area contributed by atoms with Gasteiger partial charge < -0.3 is 4.42 Å². The normalized spacial score (nSPS) is 11.7. The molecule has 0 saturated carbocycles. The Labute approximate surface area is 96.4 Å². The highest BCUT2D eigenvalue weighted by Gasteiger charge is 2.35. The second kappa shape index (κ2) is 3.52. The number of fused-ring (bicyclic) bond motifs is 1. The zero-order valence-corrected chi connectivity index (χ0v) is 9.19. The molecule has 1 heterocycles. The van der Waals surface area contributed by atoms with E-state index in [0.717, 1.165) is 6.07 Å².